The minimum absolute atomic E-state index is 0.130. The molecule has 0 fully saturated rings. The van der Waals surface area contributed by atoms with Crippen molar-refractivity contribution >= 4 is 29.0 Å². The molecule has 6 nitrogen and oxygen atoms in total. The molecule has 0 spiro atoms. The number of amides is 1. The number of fused-ring (bicyclic) bond motifs is 3. The highest BCUT2D eigenvalue weighted by Crippen LogP contribution is 2.40. The summed E-state index contributed by atoms with van der Waals surface area (Å²) in [5.74, 6) is -2.83. The van der Waals surface area contributed by atoms with Crippen molar-refractivity contribution in [1.29, 1.82) is 5.26 Å². The lowest BCUT2D eigenvalue weighted by atomic mass is 9.98. The Kier molecular flexibility index (Phi) is 5.25. The lowest BCUT2D eigenvalue weighted by molar-refractivity contribution is -0.117. The molecule has 1 aliphatic rings. The Morgan fingerprint density at radius 3 is 2.42 bits per heavy atom. The quantitative estimate of drug-likeness (QED) is 0.298. The van der Waals surface area contributed by atoms with Crippen LogP contribution < -0.4 is 5.32 Å². The molecule has 0 aliphatic heterocycles. The van der Waals surface area contributed by atoms with E-state index in [1.165, 1.54) is 0 Å². The van der Waals surface area contributed by atoms with E-state index in [9.17, 15) is 14.9 Å². The van der Waals surface area contributed by atoms with Gasteiger partial charge in [0.25, 0.3) is 0 Å². The Hall–Kier alpha value is -4.21. The van der Waals surface area contributed by atoms with Gasteiger partial charge in [-0.1, -0.05) is 54.1 Å². The van der Waals surface area contributed by atoms with Crippen LogP contribution in [-0.4, -0.2) is 21.5 Å². The summed E-state index contributed by atoms with van der Waals surface area (Å²) in [5, 5.41) is 17.5. The number of hydrogen-bond donors (Lipinski definition) is 1. The Morgan fingerprint density at radius 1 is 1.00 bits per heavy atom. The highest BCUT2D eigenvalue weighted by molar-refractivity contribution is 6.30. The number of benzene rings is 3. The average Bonchev–Trinajstić information content (AvgIpc) is 3.38. The zero-order valence-electron chi connectivity index (χ0n) is 17.3. The van der Waals surface area contributed by atoms with Gasteiger partial charge >= 0.3 is 0 Å². The van der Waals surface area contributed by atoms with Gasteiger partial charge in [-0.15, -0.1) is 0 Å². The number of rotatable bonds is 5. The van der Waals surface area contributed by atoms with Gasteiger partial charge in [-0.05, 0) is 42.0 Å². The van der Waals surface area contributed by atoms with E-state index in [1.54, 1.807) is 41.1 Å². The first-order valence-corrected chi connectivity index (χ1v) is 10.7. The van der Waals surface area contributed by atoms with Crippen LogP contribution in [0.5, 0.6) is 0 Å². The van der Waals surface area contributed by atoms with E-state index in [1.807, 2.05) is 48.5 Å². The van der Waals surface area contributed by atoms with Crippen molar-refractivity contribution in [2.24, 2.45) is 5.92 Å². The molecule has 3 aromatic carbocycles. The Balaban J connectivity index is 1.57. The highest BCUT2D eigenvalue weighted by Gasteiger charge is 2.36. The second kappa shape index (κ2) is 8.38. The number of halogens is 1. The van der Waals surface area contributed by atoms with Gasteiger partial charge in [-0.3, -0.25) is 9.59 Å². The fourth-order valence-electron chi connectivity index (χ4n) is 4.07. The second-order valence-electron chi connectivity index (χ2n) is 7.68. The number of nitrogens with one attached hydrogen (secondary N) is 1. The molecule has 160 valence electrons. The maximum Gasteiger partial charge on any atom is 0.249 e. The maximum atomic E-state index is 13.4. The molecule has 1 heterocycles. The number of nitrogens with zero attached hydrogens (tertiary/aromatic N) is 3. The van der Waals surface area contributed by atoms with E-state index < -0.39 is 17.6 Å². The lowest BCUT2D eigenvalue weighted by Crippen LogP contribution is -2.29. The largest absolute Gasteiger partial charge is 0.325 e. The van der Waals surface area contributed by atoms with Crippen LogP contribution in [-0.2, 0) is 11.2 Å². The Labute approximate surface area is 195 Å². The van der Waals surface area contributed by atoms with Crippen LogP contribution in [0.15, 0.2) is 78.9 Å². The summed E-state index contributed by atoms with van der Waals surface area (Å²) >= 11 is 6.05. The number of nitriles is 1. The predicted octanol–water partition coefficient (Wildman–Crippen LogP) is 5.06. The molecule has 0 bridgehead atoms. The van der Waals surface area contributed by atoms with Crippen molar-refractivity contribution in [3.8, 4) is 23.0 Å². The molecule has 1 aliphatic carbocycles. The molecule has 7 heteroatoms. The van der Waals surface area contributed by atoms with Crippen LogP contribution in [0.2, 0.25) is 5.02 Å². The molecule has 1 atom stereocenters. The number of ketones is 1. The number of para-hydroxylation sites is 1. The molecule has 4 aromatic rings. The van der Waals surface area contributed by atoms with E-state index in [0.717, 1.165) is 22.5 Å². The van der Waals surface area contributed by atoms with E-state index in [-0.39, 0.29) is 5.69 Å². The van der Waals surface area contributed by atoms with Crippen LogP contribution in [0.25, 0.3) is 16.9 Å². The van der Waals surface area contributed by atoms with E-state index in [4.69, 9.17) is 11.6 Å². The number of Topliss-reactive ketones (excluding diaryl/α,β-unsaturated/α-hetero) is 1. The molecule has 1 unspecified atom stereocenters. The average molecular weight is 453 g/mol. The number of hydrogen-bond acceptors (Lipinski definition) is 4. The fourth-order valence-corrected chi connectivity index (χ4v) is 4.19. The minimum atomic E-state index is -1.52. The standard InChI is InChI=1S/C26H17ClN4O2/c27-17-10-12-19(13-11-17)31-24-20-9-5-4-6-16(20)14-21(24)23(30-31)25(32)22(15-28)26(33)29-18-7-2-1-3-8-18/h1-13,22H,14H2,(H,29,33). The smallest absolute Gasteiger partial charge is 0.249 e. The highest BCUT2D eigenvalue weighted by atomic mass is 35.5. The van der Waals surface area contributed by atoms with Crippen molar-refractivity contribution in [2.45, 2.75) is 6.42 Å². The van der Waals surface area contributed by atoms with Crippen molar-refractivity contribution < 1.29 is 9.59 Å². The summed E-state index contributed by atoms with van der Waals surface area (Å²) in [5.41, 5.74) is 4.90. The van der Waals surface area contributed by atoms with Crippen LogP contribution in [0.1, 0.15) is 21.6 Å². The monoisotopic (exact) mass is 452 g/mol. The minimum Gasteiger partial charge on any atom is -0.325 e. The van der Waals surface area contributed by atoms with Gasteiger partial charge in [-0.25, -0.2) is 4.68 Å². The van der Waals surface area contributed by atoms with Gasteiger partial charge < -0.3 is 5.32 Å². The lowest BCUT2D eigenvalue weighted by Gasteiger charge is -2.09. The van der Waals surface area contributed by atoms with Gasteiger partial charge in [-0.2, -0.15) is 10.4 Å². The van der Waals surface area contributed by atoms with Gasteiger partial charge in [0.2, 0.25) is 11.7 Å². The topological polar surface area (TPSA) is 87.8 Å². The van der Waals surface area contributed by atoms with Gasteiger partial charge in [0.1, 0.15) is 5.69 Å². The number of carbonyl (C=O) groups excluding carboxylic acids is 2. The Morgan fingerprint density at radius 2 is 1.70 bits per heavy atom. The number of aromatic nitrogens is 2. The molecule has 1 aromatic heterocycles. The molecular formula is C26H17ClN4O2. The van der Waals surface area contributed by atoms with E-state index in [2.05, 4.69) is 10.4 Å². The second-order valence-corrected chi connectivity index (χ2v) is 8.12. The molecular weight excluding hydrogens is 436 g/mol. The molecule has 0 saturated carbocycles. The van der Waals surface area contributed by atoms with E-state index in [0.29, 0.717) is 22.7 Å². The maximum absolute atomic E-state index is 13.4. The van der Waals surface area contributed by atoms with Crippen LogP contribution >= 0.6 is 11.6 Å². The van der Waals surface area contributed by atoms with Gasteiger partial charge in [0, 0.05) is 28.3 Å². The predicted molar refractivity (Wildman–Crippen MR) is 125 cm³/mol. The first-order chi connectivity index (χ1) is 16.1. The third-order valence-electron chi connectivity index (χ3n) is 5.62. The van der Waals surface area contributed by atoms with Gasteiger partial charge in [0.15, 0.2) is 5.92 Å². The molecule has 0 radical (unpaired) electrons. The van der Waals surface area contributed by atoms with Crippen molar-refractivity contribution in [3.05, 3.63) is 101 Å². The normalized spacial score (nSPS) is 12.4. The van der Waals surface area contributed by atoms with Crippen LogP contribution in [0.4, 0.5) is 5.69 Å². The fraction of sp³-hybridized carbons (Fsp3) is 0.0769. The van der Waals surface area contributed by atoms with E-state index >= 15 is 0 Å². The zero-order valence-corrected chi connectivity index (χ0v) is 18.1. The summed E-state index contributed by atoms with van der Waals surface area (Å²) < 4.78 is 1.69. The summed E-state index contributed by atoms with van der Waals surface area (Å²) in [4.78, 5) is 26.2. The van der Waals surface area contributed by atoms with Crippen molar-refractivity contribution in [2.75, 3.05) is 5.32 Å². The third kappa shape index (κ3) is 3.69. The molecule has 1 amide bonds. The third-order valence-corrected chi connectivity index (χ3v) is 5.87. The summed E-state index contributed by atoms with van der Waals surface area (Å²) in [6.07, 6.45) is 0.499. The SMILES string of the molecule is N#CC(C(=O)Nc1ccccc1)C(=O)c1nn(-c2ccc(Cl)cc2)c2c1Cc1ccccc1-2. The molecule has 5 rings (SSSR count). The number of carbonyl (C=O) groups is 2. The zero-order chi connectivity index (χ0) is 22.9. The molecule has 0 saturated heterocycles. The number of anilines is 1. The molecule has 33 heavy (non-hydrogen) atoms. The summed E-state index contributed by atoms with van der Waals surface area (Å²) in [6, 6.07) is 25.6. The molecule has 1 N–H and O–H groups in total. The first-order valence-electron chi connectivity index (χ1n) is 10.3. The Bertz CT molecular complexity index is 1420. The van der Waals surface area contributed by atoms with Crippen molar-refractivity contribution in [3.63, 3.8) is 0 Å². The van der Waals surface area contributed by atoms with Crippen LogP contribution in [0.3, 0.4) is 0 Å². The first kappa shape index (κ1) is 20.7. The van der Waals surface area contributed by atoms with Gasteiger partial charge in [0.05, 0.1) is 17.5 Å². The van der Waals surface area contributed by atoms with Crippen LogP contribution in [0, 0.1) is 17.2 Å². The summed E-state index contributed by atoms with van der Waals surface area (Å²) in [7, 11) is 0. The van der Waals surface area contributed by atoms with Crippen molar-refractivity contribution in [1.82, 2.24) is 9.78 Å². The summed E-state index contributed by atoms with van der Waals surface area (Å²) in [6.45, 7) is 0.